The molecule has 5 heteroatoms. The van der Waals surface area contributed by atoms with Gasteiger partial charge in [-0.05, 0) is 35.7 Å². The SMILES string of the molecule is CC(C)CN1CCN(C(=O)Nc2ccc(OCc3ccccc3)cc2)CC1. The number of amides is 2. The number of hydrogen-bond acceptors (Lipinski definition) is 3. The highest BCUT2D eigenvalue weighted by Gasteiger charge is 2.21. The van der Waals surface area contributed by atoms with E-state index >= 15 is 0 Å². The minimum absolute atomic E-state index is 0.0304. The molecule has 27 heavy (non-hydrogen) atoms. The van der Waals surface area contributed by atoms with Crippen molar-refractivity contribution >= 4 is 11.7 Å². The molecule has 1 saturated heterocycles. The van der Waals surface area contributed by atoms with E-state index in [1.54, 1.807) is 0 Å². The Morgan fingerprint density at radius 2 is 1.67 bits per heavy atom. The summed E-state index contributed by atoms with van der Waals surface area (Å²) in [6.45, 7) is 9.52. The Morgan fingerprint density at radius 3 is 2.30 bits per heavy atom. The van der Waals surface area contributed by atoms with Crippen LogP contribution in [0.1, 0.15) is 19.4 Å². The molecule has 0 unspecified atom stereocenters. The molecule has 2 aromatic rings. The molecule has 2 amide bonds. The van der Waals surface area contributed by atoms with Gasteiger partial charge in [-0.15, -0.1) is 0 Å². The fourth-order valence-corrected chi connectivity index (χ4v) is 3.23. The summed E-state index contributed by atoms with van der Waals surface area (Å²) in [6.07, 6.45) is 0. The highest BCUT2D eigenvalue weighted by Crippen LogP contribution is 2.18. The first-order valence-electron chi connectivity index (χ1n) is 9.65. The first-order chi connectivity index (χ1) is 13.1. The van der Waals surface area contributed by atoms with Gasteiger partial charge >= 0.3 is 6.03 Å². The molecule has 3 rings (SSSR count). The zero-order valence-electron chi connectivity index (χ0n) is 16.2. The summed E-state index contributed by atoms with van der Waals surface area (Å²) in [6, 6.07) is 17.6. The lowest BCUT2D eigenvalue weighted by Crippen LogP contribution is -2.50. The molecule has 0 aliphatic carbocycles. The number of anilines is 1. The van der Waals surface area contributed by atoms with E-state index in [2.05, 4.69) is 24.1 Å². The monoisotopic (exact) mass is 367 g/mol. The first kappa shape index (κ1) is 19.2. The Hall–Kier alpha value is -2.53. The fraction of sp³-hybridized carbons (Fsp3) is 0.409. The second kappa shape index (κ2) is 9.42. The summed E-state index contributed by atoms with van der Waals surface area (Å²) in [7, 11) is 0. The van der Waals surface area contributed by atoms with Crippen LogP contribution in [-0.2, 0) is 6.61 Å². The third-order valence-corrected chi connectivity index (χ3v) is 4.64. The van der Waals surface area contributed by atoms with Gasteiger partial charge in [0, 0.05) is 38.4 Å². The van der Waals surface area contributed by atoms with Crippen LogP contribution in [0.5, 0.6) is 5.75 Å². The molecular weight excluding hydrogens is 338 g/mol. The third-order valence-electron chi connectivity index (χ3n) is 4.64. The average Bonchev–Trinajstić information content (AvgIpc) is 2.68. The predicted octanol–water partition coefficient (Wildman–Crippen LogP) is 4.07. The van der Waals surface area contributed by atoms with Gasteiger partial charge in [0.25, 0.3) is 0 Å². The highest BCUT2D eigenvalue weighted by atomic mass is 16.5. The maximum absolute atomic E-state index is 12.5. The van der Waals surface area contributed by atoms with Crippen molar-refractivity contribution in [3.63, 3.8) is 0 Å². The van der Waals surface area contributed by atoms with Crippen molar-refractivity contribution in [2.24, 2.45) is 5.92 Å². The standard InChI is InChI=1S/C22H29N3O2/c1-18(2)16-24-12-14-25(15-13-24)22(26)23-20-8-10-21(11-9-20)27-17-19-6-4-3-5-7-19/h3-11,18H,12-17H2,1-2H3,(H,23,26). The molecule has 0 saturated carbocycles. The maximum Gasteiger partial charge on any atom is 0.321 e. The third kappa shape index (κ3) is 6.00. The van der Waals surface area contributed by atoms with E-state index in [1.165, 1.54) is 0 Å². The Bertz CT molecular complexity index is 708. The molecule has 5 nitrogen and oxygen atoms in total. The number of urea groups is 1. The van der Waals surface area contributed by atoms with Crippen LogP contribution in [0.4, 0.5) is 10.5 Å². The zero-order valence-corrected chi connectivity index (χ0v) is 16.2. The largest absolute Gasteiger partial charge is 0.489 e. The van der Waals surface area contributed by atoms with E-state index in [-0.39, 0.29) is 6.03 Å². The average molecular weight is 367 g/mol. The van der Waals surface area contributed by atoms with Crippen molar-refractivity contribution in [2.45, 2.75) is 20.5 Å². The van der Waals surface area contributed by atoms with Crippen molar-refractivity contribution in [3.05, 3.63) is 60.2 Å². The molecule has 1 heterocycles. The van der Waals surface area contributed by atoms with Crippen LogP contribution in [0, 0.1) is 5.92 Å². The van der Waals surface area contributed by atoms with Gasteiger partial charge in [-0.1, -0.05) is 44.2 Å². The number of nitrogens with one attached hydrogen (secondary N) is 1. The molecule has 0 radical (unpaired) electrons. The van der Waals surface area contributed by atoms with Gasteiger partial charge < -0.3 is 15.0 Å². The van der Waals surface area contributed by atoms with Gasteiger partial charge in [-0.25, -0.2) is 4.79 Å². The smallest absolute Gasteiger partial charge is 0.321 e. The van der Waals surface area contributed by atoms with Gasteiger partial charge in [0.1, 0.15) is 12.4 Å². The van der Waals surface area contributed by atoms with Crippen molar-refractivity contribution in [1.82, 2.24) is 9.80 Å². The number of rotatable bonds is 6. The minimum atomic E-state index is -0.0304. The molecule has 0 spiro atoms. The number of carbonyl (C=O) groups is 1. The summed E-state index contributed by atoms with van der Waals surface area (Å²) in [5.74, 6) is 1.45. The van der Waals surface area contributed by atoms with Crippen molar-refractivity contribution in [1.29, 1.82) is 0 Å². The lowest BCUT2D eigenvalue weighted by molar-refractivity contribution is 0.138. The highest BCUT2D eigenvalue weighted by molar-refractivity contribution is 5.89. The van der Waals surface area contributed by atoms with Crippen LogP contribution in [0.3, 0.4) is 0 Å². The Labute approximate surface area is 161 Å². The molecule has 0 bridgehead atoms. The topological polar surface area (TPSA) is 44.8 Å². The molecule has 1 N–H and O–H groups in total. The van der Waals surface area contributed by atoms with Gasteiger partial charge in [0.15, 0.2) is 0 Å². The van der Waals surface area contributed by atoms with Gasteiger partial charge in [0.05, 0.1) is 0 Å². The van der Waals surface area contributed by atoms with Gasteiger partial charge in [0.2, 0.25) is 0 Å². The Balaban J connectivity index is 1.45. The van der Waals surface area contributed by atoms with Crippen molar-refractivity contribution in [2.75, 3.05) is 38.0 Å². The zero-order chi connectivity index (χ0) is 19.1. The van der Waals surface area contributed by atoms with Crippen LogP contribution in [0.2, 0.25) is 0 Å². The van der Waals surface area contributed by atoms with Crippen LogP contribution in [0.25, 0.3) is 0 Å². The predicted molar refractivity (Wildman–Crippen MR) is 109 cm³/mol. The first-order valence-corrected chi connectivity index (χ1v) is 9.65. The van der Waals surface area contributed by atoms with Crippen LogP contribution < -0.4 is 10.1 Å². The molecule has 1 fully saturated rings. The van der Waals surface area contributed by atoms with E-state index in [0.29, 0.717) is 12.5 Å². The van der Waals surface area contributed by atoms with E-state index in [9.17, 15) is 4.79 Å². The number of benzene rings is 2. The molecule has 0 atom stereocenters. The van der Waals surface area contributed by atoms with Gasteiger partial charge in [-0.3, -0.25) is 4.90 Å². The molecular formula is C22H29N3O2. The quantitative estimate of drug-likeness (QED) is 0.837. The Kier molecular flexibility index (Phi) is 6.71. The number of carbonyl (C=O) groups excluding carboxylic acids is 1. The minimum Gasteiger partial charge on any atom is -0.489 e. The lowest BCUT2D eigenvalue weighted by atomic mass is 10.2. The number of piperazine rings is 1. The molecule has 144 valence electrons. The fourth-order valence-electron chi connectivity index (χ4n) is 3.23. The maximum atomic E-state index is 12.5. The van der Waals surface area contributed by atoms with Crippen LogP contribution in [0.15, 0.2) is 54.6 Å². The second-order valence-corrected chi connectivity index (χ2v) is 7.41. The molecule has 1 aliphatic heterocycles. The summed E-state index contributed by atoms with van der Waals surface area (Å²) in [4.78, 5) is 16.8. The normalized spacial score (nSPS) is 15.0. The van der Waals surface area contributed by atoms with Crippen LogP contribution in [-0.4, -0.2) is 48.6 Å². The molecule has 0 aromatic heterocycles. The number of hydrogen-bond donors (Lipinski definition) is 1. The Morgan fingerprint density at radius 1 is 1.00 bits per heavy atom. The van der Waals surface area contributed by atoms with E-state index in [4.69, 9.17) is 4.74 Å². The number of ether oxygens (including phenoxy) is 1. The molecule has 1 aliphatic rings. The van der Waals surface area contributed by atoms with E-state index in [1.807, 2.05) is 59.5 Å². The summed E-state index contributed by atoms with van der Waals surface area (Å²) in [5.41, 5.74) is 1.92. The summed E-state index contributed by atoms with van der Waals surface area (Å²) < 4.78 is 5.78. The summed E-state index contributed by atoms with van der Waals surface area (Å²) >= 11 is 0. The van der Waals surface area contributed by atoms with Crippen molar-refractivity contribution in [3.8, 4) is 5.75 Å². The van der Waals surface area contributed by atoms with Crippen LogP contribution >= 0.6 is 0 Å². The summed E-state index contributed by atoms with van der Waals surface area (Å²) in [5, 5.41) is 2.98. The van der Waals surface area contributed by atoms with E-state index < -0.39 is 0 Å². The lowest BCUT2D eigenvalue weighted by Gasteiger charge is -2.35. The molecule has 2 aromatic carbocycles. The van der Waals surface area contributed by atoms with Crippen molar-refractivity contribution < 1.29 is 9.53 Å². The van der Waals surface area contributed by atoms with Gasteiger partial charge in [-0.2, -0.15) is 0 Å². The van der Waals surface area contributed by atoms with E-state index in [0.717, 1.165) is 49.7 Å². The second-order valence-electron chi connectivity index (χ2n) is 7.41. The number of nitrogens with zero attached hydrogens (tertiary/aromatic N) is 2.